The molecule has 0 fully saturated rings. The Morgan fingerprint density at radius 1 is 1.00 bits per heavy atom. The second-order valence-electron chi connectivity index (χ2n) is 6.81. The molecule has 156 valence electrons. The summed E-state index contributed by atoms with van der Waals surface area (Å²) in [5, 5.41) is 2.95. The van der Waals surface area contributed by atoms with Crippen molar-refractivity contribution in [2.45, 2.75) is 26.2 Å². The number of benzene rings is 2. The van der Waals surface area contributed by atoms with E-state index in [4.69, 9.17) is 23.8 Å². The van der Waals surface area contributed by atoms with E-state index >= 15 is 0 Å². The van der Waals surface area contributed by atoms with E-state index in [1.165, 1.54) is 12.1 Å². The zero-order valence-electron chi connectivity index (χ0n) is 16.1. The monoisotopic (exact) mass is 449 g/mol. The molecule has 30 heavy (non-hydrogen) atoms. The molecule has 3 rings (SSSR count). The van der Waals surface area contributed by atoms with Gasteiger partial charge >= 0.3 is 6.18 Å². The maximum Gasteiger partial charge on any atom is 0.418 e. The van der Waals surface area contributed by atoms with E-state index < -0.39 is 11.7 Å². The second kappa shape index (κ2) is 9.45. The van der Waals surface area contributed by atoms with Gasteiger partial charge in [-0.1, -0.05) is 41.4 Å². The van der Waals surface area contributed by atoms with Crippen molar-refractivity contribution >= 4 is 34.6 Å². The molecular formula is C22H19ClF3N3S. The quantitative estimate of drug-likeness (QED) is 0.452. The lowest BCUT2D eigenvalue weighted by Gasteiger charge is -2.27. The number of pyridine rings is 1. The molecular weight excluding hydrogens is 431 g/mol. The first kappa shape index (κ1) is 22.1. The van der Waals surface area contributed by atoms with E-state index in [1.807, 2.05) is 48.2 Å². The van der Waals surface area contributed by atoms with Gasteiger partial charge in [0.2, 0.25) is 0 Å². The largest absolute Gasteiger partial charge is 0.418 e. The number of anilines is 1. The normalized spacial score (nSPS) is 11.2. The van der Waals surface area contributed by atoms with Crippen LogP contribution in [0.25, 0.3) is 0 Å². The number of halogens is 4. The Bertz CT molecular complexity index is 1010. The predicted octanol–water partition coefficient (Wildman–Crippen LogP) is 6.46. The van der Waals surface area contributed by atoms with Crippen LogP contribution in [0.3, 0.4) is 0 Å². The molecule has 8 heteroatoms. The van der Waals surface area contributed by atoms with Gasteiger partial charge in [0.25, 0.3) is 0 Å². The summed E-state index contributed by atoms with van der Waals surface area (Å²) in [6.45, 7) is 2.84. The van der Waals surface area contributed by atoms with Crippen LogP contribution < -0.4 is 5.32 Å². The van der Waals surface area contributed by atoms with Crippen LogP contribution in [0.5, 0.6) is 0 Å². The zero-order chi connectivity index (χ0) is 21.7. The highest BCUT2D eigenvalue weighted by molar-refractivity contribution is 7.80. The molecule has 1 heterocycles. The summed E-state index contributed by atoms with van der Waals surface area (Å²) in [6.07, 6.45) is -1.23. The third kappa shape index (κ3) is 5.93. The van der Waals surface area contributed by atoms with Crippen molar-refractivity contribution in [3.8, 4) is 0 Å². The van der Waals surface area contributed by atoms with Crippen molar-refractivity contribution in [2.75, 3.05) is 5.32 Å². The lowest BCUT2D eigenvalue weighted by atomic mass is 10.1. The number of thiocarbonyl (C=S) groups is 1. The average molecular weight is 450 g/mol. The summed E-state index contributed by atoms with van der Waals surface area (Å²) in [4.78, 5) is 5.81. The molecule has 0 spiro atoms. The molecule has 0 aliphatic carbocycles. The molecule has 0 unspecified atom stereocenters. The van der Waals surface area contributed by atoms with Crippen LogP contribution in [-0.2, 0) is 19.3 Å². The fourth-order valence-electron chi connectivity index (χ4n) is 2.88. The van der Waals surface area contributed by atoms with Gasteiger partial charge in [-0.15, -0.1) is 0 Å². The van der Waals surface area contributed by atoms with Gasteiger partial charge < -0.3 is 10.2 Å². The summed E-state index contributed by atoms with van der Waals surface area (Å²) >= 11 is 11.3. The number of nitrogens with zero attached hydrogens (tertiary/aromatic N) is 2. The minimum atomic E-state index is -4.56. The van der Waals surface area contributed by atoms with Crippen LogP contribution in [0.15, 0.2) is 67.0 Å². The maximum absolute atomic E-state index is 13.4. The number of alkyl halides is 3. The summed E-state index contributed by atoms with van der Waals surface area (Å²) < 4.78 is 40.3. The molecule has 0 aliphatic rings. The van der Waals surface area contributed by atoms with Crippen LogP contribution in [0.2, 0.25) is 5.02 Å². The molecule has 0 atom stereocenters. The average Bonchev–Trinajstić information content (AvgIpc) is 2.70. The SMILES string of the molecule is Cc1ccc(CN(Cc2ccncc2)C(=S)Nc2ccc(Cl)cc2C(F)(F)F)cc1. The number of aryl methyl sites for hydroxylation is 1. The van der Waals surface area contributed by atoms with Crippen molar-refractivity contribution in [1.29, 1.82) is 0 Å². The van der Waals surface area contributed by atoms with Crippen molar-refractivity contribution in [3.63, 3.8) is 0 Å². The van der Waals surface area contributed by atoms with Crippen molar-refractivity contribution in [1.82, 2.24) is 9.88 Å². The van der Waals surface area contributed by atoms with Gasteiger partial charge in [0, 0.05) is 30.5 Å². The van der Waals surface area contributed by atoms with E-state index in [9.17, 15) is 13.2 Å². The van der Waals surface area contributed by atoms with Gasteiger partial charge in [-0.3, -0.25) is 4.98 Å². The Morgan fingerprint density at radius 2 is 1.60 bits per heavy atom. The topological polar surface area (TPSA) is 28.2 Å². The fraction of sp³-hybridized carbons (Fsp3) is 0.182. The Morgan fingerprint density at radius 3 is 2.20 bits per heavy atom. The maximum atomic E-state index is 13.4. The van der Waals surface area contributed by atoms with E-state index in [-0.39, 0.29) is 15.8 Å². The minimum Gasteiger partial charge on any atom is -0.340 e. The number of nitrogens with one attached hydrogen (secondary N) is 1. The fourth-order valence-corrected chi connectivity index (χ4v) is 3.29. The molecule has 0 saturated heterocycles. The number of rotatable bonds is 5. The van der Waals surface area contributed by atoms with E-state index in [1.54, 1.807) is 12.4 Å². The molecule has 0 bridgehead atoms. The third-order valence-corrected chi connectivity index (χ3v) is 5.03. The summed E-state index contributed by atoms with van der Waals surface area (Å²) in [5.74, 6) is 0. The van der Waals surface area contributed by atoms with E-state index in [0.29, 0.717) is 13.1 Å². The lowest BCUT2D eigenvalue weighted by molar-refractivity contribution is -0.136. The molecule has 3 aromatic rings. The Balaban J connectivity index is 1.87. The molecule has 0 aliphatic heterocycles. The molecule has 2 aromatic carbocycles. The van der Waals surface area contributed by atoms with Gasteiger partial charge in [-0.2, -0.15) is 13.2 Å². The highest BCUT2D eigenvalue weighted by Crippen LogP contribution is 2.36. The second-order valence-corrected chi connectivity index (χ2v) is 7.64. The van der Waals surface area contributed by atoms with E-state index in [0.717, 1.165) is 22.8 Å². The van der Waals surface area contributed by atoms with Crippen molar-refractivity contribution in [3.05, 3.63) is 94.3 Å². The molecule has 0 amide bonds. The Kier molecular flexibility index (Phi) is 6.95. The molecule has 1 N–H and O–H groups in total. The van der Waals surface area contributed by atoms with Gasteiger partial charge in [-0.25, -0.2) is 0 Å². The highest BCUT2D eigenvalue weighted by Gasteiger charge is 2.34. The van der Waals surface area contributed by atoms with E-state index in [2.05, 4.69) is 10.3 Å². The highest BCUT2D eigenvalue weighted by atomic mass is 35.5. The number of aromatic nitrogens is 1. The van der Waals surface area contributed by atoms with Crippen LogP contribution in [0.1, 0.15) is 22.3 Å². The van der Waals surface area contributed by atoms with Crippen molar-refractivity contribution < 1.29 is 13.2 Å². The Hall–Kier alpha value is -2.64. The van der Waals surface area contributed by atoms with Crippen LogP contribution in [0, 0.1) is 6.92 Å². The van der Waals surface area contributed by atoms with Gasteiger partial charge in [0.05, 0.1) is 11.3 Å². The predicted molar refractivity (Wildman–Crippen MR) is 117 cm³/mol. The summed E-state index contributed by atoms with van der Waals surface area (Å²) in [5.41, 5.74) is 2.05. The minimum absolute atomic E-state index is 0.00657. The first-order valence-electron chi connectivity index (χ1n) is 9.09. The Labute approximate surface area is 183 Å². The number of hydrogen-bond donors (Lipinski definition) is 1. The molecule has 0 saturated carbocycles. The van der Waals surface area contributed by atoms with Crippen LogP contribution in [-0.4, -0.2) is 15.0 Å². The molecule has 3 nitrogen and oxygen atoms in total. The first-order valence-corrected chi connectivity index (χ1v) is 9.88. The molecule has 1 aromatic heterocycles. The smallest absolute Gasteiger partial charge is 0.340 e. The summed E-state index contributed by atoms with van der Waals surface area (Å²) in [7, 11) is 0. The molecule has 0 radical (unpaired) electrons. The summed E-state index contributed by atoms with van der Waals surface area (Å²) in [6, 6.07) is 15.2. The van der Waals surface area contributed by atoms with Gasteiger partial charge in [-0.05, 0) is 60.6 Å². The van der Waals surface area contributed by atoms with Gasteiger partial charge in [0.15, 0.2) is 5.11 Å². The van der Waals surface area contributed by atoms with Gasteiger partial charge in [0.1, 0.15) is 0 Å². The standard InChI is InChI=1S/C22H19ClF3N3S/c1-15-2-4-16(5-3-15)13-29(14-17-8-10-27-11-9-17)21(30)28-20-7-6-18(23)12-19(20)22(24,25)26/h2-12H,13-14H2,1H3,(H,28,30). The zero-order valence-corrected chi connectivity index (χ0v) is 17.7. The van der Waals surface area contributed by atoms with Crippen molar-refractivity contribution in [2.24, 2.45) is 0 Å². The lowest BCUT2D eigenvalue weighted by Crippen LogP contribution is -2.34. The van der Waals surface area contributed by atoms with Crippen LogP contribution >= 0.6 is 23.8 Å². The number of hydrogen-bond acceptors (Lipinski definition) is 2. The first-order chi connectivity index (χ1) is 14.2. The third-order valence-electron chi connectivity index (χ3n) is 4.43. The van der Waals surface area contributed by atoms with Crippen LogP contribution in [0.4, 0.5) is 18.9 Å².